The number of benzene rings is 2. The van der Waals surface area contributed by atoms with Crippen molar-refractivity contribution in [1.29, 1.82) is 0 Å². The first-order chi connectivity index (χ1) is 9.72. The summed E-state index contributed by atoms with van der Waals surface area (Å²) in [6.07, 6.45) is 0.309. The molecular weight excluding hydrogens is 250 g/mol. The Hall–Kier alpha value is -2.42. The summed E-state index contributed by atoms with van der Waals surface area (Å²) in [5.41, 5.74) is 1.54. The lowest BCUT2D eigenvalue weighted by atomic mass is 10.1. The first-order valence-electron chi connectivity index (χ1n) is 6.67. The van der Waals surface area contributed by atoms with E-state index in [0.717, 1.165) is 11.4 Å². The molecule has 0 saturated heterocycles. The van der Waals surface area contributed by atoms with Crippen LogP contribution in [0.25, 0.3) is 0 Å². The number of para-hydroxylation sites is 2. The largest absolute Gasteiger partial charge is 0.299 e. The van der Waals surface area contributed by atoms with Gasteiger partial charge in [0.05, 0.1) is 6.42 Å². The van der Waals surface area contributed by atoms with E-state index >= 15 is 0 Å². The van der Waals surface area contributed by atoms with Crippen molar-refractivity contribution in [1.82, 2.24) is 0 Å². The molecule has 1 amide bonds. The standard InChI is InChI=1S/C17H17NO2/c1-2-16(19)13-17(20)18(14-9-5-3-6-10-14)15-11-7-4-8-12-15/h3-12H,2,13H2,1H3. The van der Waals surface area contributed by atoms with Gasteiger partial charge in [-0.25, -0.2) is 0 Å². The number of anilines is 2. The van der Waals surface area contributed by atoms with Crippen molar-refractivity contribution in [3.63, 3.8) is 0 Å². The summed E-state index contributed by atoms with van der Waals surface area (Å²) in [6, 6.07) is 18.7. The third-order valence-electron chi connectivity index (χ3n) is 3.02. The predicted octanol–water partition coefficient (Wildman–Crippen LogP) is 3.72. The van der Waals surface area contributed by atoms with E-state index in [1.807, 2.05) is 60.7 Å². The Morgan fingerprint density at radius 1 is 0.850 bits per heavy atom. The Bertz CT molecular complexity index is 539. The molecule has 0 atom stereocenters. The Labute approximate surface area is 118 Å². The minimum absolute atomic E-state index is 0.0492. The number of nitrogens with zero attached hydrogens (tertiary/aromatic N) is 1. The van der Waals surface area contributed by atoms with Gasteiger partial charge in [-0.1, -0.05) is 43.3 Å². The van der Waals surface area contributed by atoms with E-state index in [2.05, 4.69) is 0 Å². The van der Waals surface area contributed by atoms with Crippen molar-refractivity contribution < 1.29 is 9.59 Å². The molecule has 0 fully saturated rings. The molecule has 0 bridgehead atoms. The molecule has 0 heterocycles. The van der Waals surface area contributed by atoms with Crippen LogP contribution in [0.1, 0.15) is 19.8 Å². The molecule has 102 valence electrons. The van der Waals surface area contributed by atoms with Gasteiger partial charge >= 0.3 is 0 Å². The van der Waals surface area contributed by atoms with Crippen LogP contribution >= 0.6 is 0 Å². The molecule has 0 unspecified atom stereocenters. The van der Waals surface area contributed by atoms with Crippen molar-refractivity contribution in [2.24, 2.45) is 0 Å². The Balaban J connectivity index is 2.35. The van der Waals surface area contributed by atoms with Crippen LogP contribution in [0.5, 0.6) is 0 Å². The van der Waals surface area contributed by atoms with Crippen molar-refractivity contribution >= 4 is 23.1 Å². The molecule has 0 radical (unpaired) electrons. The summed E-state index contributed by atoms with van der Waals surface area (Å²) in [6.45, 7) is 1.77. The van der Waals surface area contributed by atoms with Crippen molar-refractivity contribution in [3.05, 3.63) is 60.7 Å². The van der Waals surface area contributed by atoms with Gasteiger partial charge in [-0.15, -0.1) is 0 Å². The van der Waals surface area contributed by atoms with Crippen LogP contribution in [0.4, 0.5) is 11.4 Å². The molecule has 3 nitrogen and oxygen atoms in total. The van der Waals surface area contributed by atoms with E-state index in [4.69, 9.17) is 0 Å². The van der Waals surface area contributed by atoms with Gasteiger partial charge < -0.3 is 0 Å². The fraction of sp³-hybridized carbons (Fsp3) is 0.176. The molecule has 0 aromatic heterocycles. The number of hydrogen-bond acceptors (Lipinski definition) is 2. The predicted molar refractivity (Wildman–Crippen MR) is 79.9 cm³/mol. The van der Waals surface area contributed by atoms with Crippen LogP contribution in [-0.2, 0) is 9.59 Å². The van der Waals surface area contributed by atoms with Crippen LogP contribution in [0.15, 0.2) is 60.7 Å². The van der Waals surface area contributed by atoms with Crippen LogP contribution in [0, 0.1) is 0 Å². The van der Waals surface area contributed by atoms with Gasteiger partial charge in [0, 0.05) is 17.8 Å². The van der Waals surface area contributed by atoms with Crippen LogP contribution in [0.2, 0.25) is 0 Å². The molecule has 2 rings (SSSR count). The zero-order valence-corrected chi connectivity index (χ0v) is 11.5. The maximum Gasteiger partial charge on any atom is 0.238 e. The minimum atomic E-state index is -0.200. The fourth-order valence-corrected chi connectivity index (χ4v) is 1.96. The van der Waals surface area contributed by atoms with E-state index in [1.165, 1.54) is 0 Å². The first-order valence-corrected chi connectivity index (χ1v) is 6.67. The Morgan fingerprint density at radius 2 is 1.30 bits per heavy atom. The summed E-state index contributed by atoms with van der Waals surface area (Å²) < 4.78 is 0. The second kappa shape index (κ2) is 6.66. The smallest absolute Gasteiger partial charge is 0.238 e. The molecule has 2 aromatic carbocycles. The van der Waals surface area contributed by atoms with E-state index in [9.17, 15) is 9.59 Å². The summed E-state index contributed by atoms with van der Waals surface area (Å²) in [4.78, 5) is 25.6. The average Bonchev–Trinajstić information content (AvgIpc) is 2.49. The Kier molecular flexibility index (Phi) is 4.66. The van der Waals surface area contributed by atoms with Gasteiger partial charge in [0.15, 0.2) is 0 Å². The van der Waals surface area contributed by atoms with Crippen molar-refractivity contribution in [3.8, 4) is 0 Å². The molecule has 0 aliphatic carbocycles. The first kappa shape index (κ1) is 14.0. The number of hydrogen-bond donors (Lipinski definition) is 0. The number of rotatable bonds is 5. The summed E-state index contributed by atoms with van der Waals surface area (Å²) in [5.74, 6) is -0.249. The number of carbonyl (C=O) groups excluding carboxylic acids is 2. The fourth-order valence-electron chi connectivity index (χ4n) is 1.96. The lowest BCUT2D eigenvalue weighted by Gasteiger charge is -2.22. The van der Waals surface area contributed by atoms with Crippen LogP contribution < -0.4 is 4.90 Å². The lowest BCUT2D eigenvalue weighted by molar-refractivity contribution is -0.126. The van der Waals surface area contributed by atoms with E-state index in [-0.39, 0.29) is 18.1 Å². The molecular formula is C17H17NO2. The number of carbonyl (C=O) groups is 2. The molecule has 0 spiro atoms. The summed E-state index contributed by atoms with van der Waals surface area (Å²) >= 11 is 0. The SMILES string of the molecule is CCC(=O)CC(=O)N(c1ccccc1)c1ccccc1. The zero-order valence-electron chi connectivity index (χ0n) is 11.5. The molecule has 20 heavy (non-hydrogen) atoms. The number of amides is 1. The highest BCUT2D eigenvalue weighted by Gasteiger charge is 2.19. The quantitative estimate of drug-likeness (QED) is 0.774. The highest BCUT2D eigenvalue weighted by atomic mass is 16.2. The third kappa shape index (κ3) is 3.32. The third-order valence-corrected chi connectivity index (χ3v) is 3.02. The Morgan fingerprint density at radius 3 is 1.70 bits per heavy atom. The topological polar surface area (TPSA) is 37.4 Å². The van der Waals surface area contributed by atoms with Crippen molar-refractivity contribution in [2.45, 2.75) is 19.8 Å². The summed E-state index contributed by atoms with van der Waals surface area (Å²) in [5, 5.41) is 0. The van der Waals surface area contributed by atoms with Gasteiger partial charge in [0.25, 0.3) is 0 Å². The minimum Gasteiger partial charge on any atom is -0.299 e. The van der Waals surface area contributed by atoms with Gasteiger partial charge in [0.2, 0.25) is 5.91 Å². The zero-order chi connectivity index (χ0) is 14.4. The maximum absolute atomic E-state index is 12.4. The van der Waals surface area contributed by atoms with Crippen LogP contribution in [0.3, 0.4) is 0 Å². The molecule has 0 saturated carbocycles. The average molecular weight is 267 g/mol. The van der Waals surface area contributed by atoms with Gasteiger partial charge in [-0.2, -0.15) is 0 Å². The van der Waals surface area contributed by atoms with Gasteiger partial charge in [-0.3, -0.25) is 14.5 Å². The number of ketones is 1. The molecule has 3 heteroatoms. The second-order valence-corrected chi connectivity index (χ2v) is 4.47. The lowest BCUT2D eigenvalue weighted by Crippen LogP contribution is -2.27. The van der Waals surface area contributed by atoms with E-state index in [0.29, 0.717) is 6.42 Å². The summed E-state index contributed by atoms with van der Waals surface area (Å²) in [7, 11) is 0. The van der Waals surface area contributed by atoms with E-state index in [1.54, 1.807) is 11.8 Å². The monoisotopic (exact) mass is 267 g/mol. The van der Waals surface area contributed by atoms with Gasteiger partial charge in [-0.05, 0) is 24.3 Å². The number of Topliss-reactive ketones (excluding diaryl/α,β-unsaturated/α-hetero) is 1. The molecule has 0 aliphatic heterocycles. The second-order valence-electron chi connectivity index (χ2n) is 4.47. The highest BCUT2D eigenvalue weighted by molar-refractivity contribution is 6.09. The maximum atomic E-state index is 12.4. The normalized spacial score (nSPS) is 10.1. The molecule has 0 N–H and O–H groups in total. The van der Waals surface area contributed by atoms with Crippen LogP contribution in [-0.4, -0.2) is 11.7 Å². The van der Waals surface area contributed by atoms with E-state index < -0.39 is 0 Å². The van der Waals surface area contributed by atoms with Gasteiger partial charge in [0.1, 0.15) is 5.78 Å². The molecule has 0 aliphatic rings. The highest BCUT2D eigenvalue weighted by Crippen LogP contribution is 2.25. The van der Waals surface area contributed by atoms with Crippen molar-refractivity contribution in [2.75, 3.05) is 4.90 Å². The molecule has 2 aromatic rings.